The van der Waals surface area contributed by atoms with E-state index in [0.717, 1.165) is 19.3 Å². The molecule has 0 spiro atoms. The Bertz CT molecular complexity index is 208. The summed E-state index contributed by atoms with van der Waals surface area (Å²) in [6, 6.07) is -1.08. The van der Waals surface area contributed by atoms with E-state index in [0.29, 0.717) is 6.42 Å². The van der Waals surface area contributed by atoms with Crippen LogP contribution in [0.1, 0.15) is 32.6 Å². The summed E-state index contributed by atoms with van der Waals surface area (Å²) in [5.41, 5.74) is 0. The van der Waals surface area contributed by atoms with Crippen molar-refractivity contribution in [2.45, 2.75) is 63.0 Å². The number of rotatable bonds is 6. The predicted octanol–water partition coefficient (Wildman–Crippen LogP) is -0.596. The third-order valence-corrected chi connectivity index (χ3v) is 3.25. The van der Waals surface area contributed by atoms with Gasteiger partial charge in [0, 0.05) is 0 Å². The van der Waals surface area contributed by atoms with Crippen LogP contribution in [-0.4, -0.2) is 57.4 Å². The van der Waals surface area contributed by atoms with E-state index in [9.17, 15) is 15.3 Å². The highest BCUT2D eigenvalue weighted by Gasteiger charge is 2.43. The first-order valence-corrected chi connectivity index (χ1v) is 6.03. The Kier molecular flexibility index (Phi) is 8.28. The summed E-state index contributed by atoms with van der Waals surface area (Å²) in [5, 5.41) is 40.9. The molecule has 6 heteroatoms. The molecule has 0 aromatic rings. The van der Waals surface area contributed by atoms with Gasteiger partial charge in [0.05, 0.1) is 37.0 Å². The van der Waals surface area contributed by atoms with Crippen molar-refractivity contribution in [3.05, 3.63) is 0 Å². The first kappa shape index (κ1) is 17.1. The molecule has 5 nitrogen and oxygen atoms in total. The maximum absolute atomic E-state index is 9.86. The van der Waals surface area contributed by atoms with Gasteiger partial charge in [-0.2, -0.15) is 0 Å². The molecule has 0 aliphatic carbocycles. The lowest BCUT2D eigenvalue weighted by molar-refractivity contribution is -0.00441. The van der Waals surface area contributed by atoms with Crippen molar-refractivity contribution in [3.63, 3.8) is 0 Å². The highest BCUT2D eigenvalue weighted by molar-refractivity contribution is 5.85. The van der Waals surface area contributed by atoms with Crippen molar-refractivity contribution in [2.24, 2.45) is 0 Å². The second-order valence-corrected chi connectivity index (χ2v) is 4.53. The number of nitrogens with one attached hydrogen (secondary N) is 1. The summed E-state index contributed by atoms with van der Waals surface area (Å²) < 4.78 is 0. The highest BCUT2D eigenvalue weighted by atomic mass is 35.5. The van der Waals surface area contributed by atoms with Crippen molar-refractivity contribution < 1.29 is 20.4 Å². The van der Waals surface area contributed by atoms with Crippen LogP contribution >= 0.6 is 12.4 Å². The number of unbranched alkanes of at least 4 members (excludes halogenated alkanes) is 2. The summed E-state index contributed by atoms with van der Waals surface area (Å²) in [6.45, 7) is 1.84. The molecule has 1 rings (SSSR count). The summed E-state index contributed by atoms with van der Waals surface area (Å²) in [6.07, 6.45) is 0.953. The fourth-order valence-corrected chi connectivity index (χ4v) is 2.18. The van der Waals surface area contributed by atoms with Gasteiger partial charge in [-0.1, -0.05) is 26.2 Å². The zero-order valence-electron chi connectivity index (χ0n) is 10.1. The van der Waals surface area contributed by atoms with Crippen LogP contribution in [0.5, 0.6) is 0 Å². The number of aliphatic hydroxyl groups excluding tert-OH is 4. The van der Waals surface area contributed by atoms with Crippen molar-refractivity contribution in [1.82, 2.24) is 5.32 Å². The molecule has 0 amide bonds. The van der Waals surface area contributed by atoms with E-state index in [2.05, 4.69) is 12.2 Å². The maximum Gasteiger partial charge on any atom is 0.0993 e. The smallest absolute Gasteiger partial charge is 0.0993 e. The minimum atomic E-state index is -1.01. The maximum atomic E-state index is 9.86. The number of aliphatic hydroxyl groups is 4. The van der Waals surface area contributed by atoms with Gasteiger partial charge in [-0.15, -0.1) is 12.4 Å². The molecule has 1 fully saturated rings. The molecule has 1 heterocycles. The van der Waals surface area contributed by atoms with E-state index in [1.54, 1.807) is 0 Å². The fraction of sp³-hybridized carbons (Fsp3) is 1.00. The monoisotopic (exact) mass is 269 g/mol. The average molecular weight is 270 g/mol. The Morgan fingerprint density at radius 2 is 1.82 bits per heavy atom. The quantitative estimate of drug-likeness (QED) is 0.416. The van der Waals surface area contributed by atoms with E-state index in [1.807, 2.05) is 0 Å². The molecule has 5 N–H and O–H groups in total. The Labute approximate surface area is 108 Å². The van der Waals surface area contributed by atoms with Crippen LogP contribution in [0.25, 0.3) is 0 Å². The van der Waals surface area contributed by atoms with Crippen LogP contribution in [0.2, 0.25) is 0 Å². The normalized spacial score (nSPS) is 34.4. The molecule has 0 aromatic heterocycles. The number of hydrogen-bond donors (Lipinski definition) is 5. The molecule has 17 heavy (non-hydrogen) atoms. The Morgan fingerprint density at radius 3 is 2.29 bits per heavy atom. The van der Waals surface area contributed by atoms with Crippen LogP contribution in [0.3, 0.4) is 0 Å². The third-order valence-electron chi connectivity index (χ3n) is 3.25. The van der Waals surface area contributed by atoms with Gasteiger partial charge in [0.15, 0.2) is 0 Å². The standard InChI is InChI=1S/C11H23NO4.ClH/c1-2-3-4-5-8(14)9-11(16)10(15)7(6-13)12-9;/h7-16H,2-6H2,1H3;1H/t7-,8+,9-,10-,11-;/m1./s1. The first-order valence-electron chi connectivity index (χ1n) is 6.03. The SMILES string of the molecule is CCCCC[C@H](O)[C@H]1N[C@H](CO)[C@@H](O)[C@@H]1O.Cl. The van der Waals surface area contributed by atoms with E-state index >= 15 is 0 Å². The van der Waals surface area contributed by atoms with Gasteiger partial charge in [-0.05, 0) is 6.42 Å². The summed E-state index contributed by atoms with van der Waals surface area (Å²) >= 11 is 0. The zero-order chi connectivity index (χ0) is 12.1. The van der Waals surface area contributed by atoms with Gasteiger partial charge in [-0.3, -0.25) is 0 Å². The Morgan fingerprint density at radius 1 is 1.18 bits per heavy atom. The topological polar surface area (TPSA) is 93.0 Å². The Balaban J connectivity index is 0.00000256. The lowest BCUT2D eigenvalue weighted by Crippen LogP contribution is -2.44. The summed E-state index contributed by atoms with van der Waals surface area (Å²) in [4.78, 5) is 0. The van der Waals surface area contributed by atoms with E-state index < -0.39 is 30.4 Å². The number of hydrogen-bond acceptors (Lipinski definition) is 5. The van der Waals surface area contributed by atoms with Gasteiger partial charge < -0.3 is 25.7 Å². The Hall–Kier alpha value is 0.0900. The zero-order valence-corrected chi connectivity index (χ0v) is 10.9. The molecule has 5 atom stereocenters. The molecule has 1 aliphatic heterocycles. The second-order valence-electron chi connectivity index (χ2n) is 4.53. The van der Waals surface area contributed by atoms with E-state index in [1.165, 1.54) is 0 Å². The van der Waals surface area contributed by atoms with Crippen molar-refractivity contribution in [1.29, 1.82) is 0 Å². The van der Waals surface area contributed by atoms with Gasteiger partial charge >= 0.3 is 0 Å². The molecular formula is C11H24ClNO4. The molecule has 0 saturated carbocycles. The molecule has 1 saturated heterocycles. The third kappa shape index (κ3) is 4.35. The van der Waals surface area contributed by atoms with E-state index in [-0.39, 0.29) is 19.0 Å². The lowest BCUT2D eigenvalue weighted by Gasteiger charge is -2.22. The average Bonchev–Trinajstić information content (AvgIpc) is 2.56. The lowest BCUT2D eigenvalue weighted by atomic mass is 9.99. The van der Waals surface area contributed by atoms with Crippen molar-refractivity contribution >= 4 is 12.4 Å². The largest absolute Gasteiger partial charge is 0.395 e. The molecule has 104 valence electrons. The molecule has 0 bridgehead atoms. The van der Waals surface area contributed by atoms with E-state index in [4.69, 9.17) is 5.11 Å². The van der Waals surface area contributed by atoms with Crippen LogP contribution in [-0.2, 0) is 0 Å². The van der Waals surface area contributed by atoms with Crippen molar-refractivity contribution in [3.8, 4) is 0 Å². The minimum absolute atomic E-state index is 0. The second kappa shape index (κ2) is 8.24. The van der Waals surface area contributed by atoms with Gasteiger partial charge in [0.1, 0.15) is 0 Å². The van der Waals surface area contributed by atoms with Gasteiger partial charge in [0.2, 0.25) is 0 Å². The van der Waals surface area contributed by atoms with Crippen LogP contribution in [0.4, 0.5) is 0 Å². The first-order chi connectivity index (χ1) is 7.61. The van der Waals surface area contributed by atoms with Crippen molar-refractivity contribution in [2.75, 3.05) is 6.61 Å². The summed E-state index contributed by atoms with van der Waals surface area (Å²) in [5.74, 6) is 0. The molecule has 0 unspecified atom stereocenters. The van der Waals surface area contributed by atoms with Crippen LogP contribution in [0, 0.1) is 0 Å². The number of halogens is 1. The molecule has 1 aliphatic rings. The fourth-order valence-electron chi connectivity index (χ4n) is 2.18. The molecular weight excluding hydrogens is 246 g/mol. The van der Waals surface area contributed by atoms with Gasteiger partial charge in [-0.25, -0.2) is 0 Å². The van der Waals surface area contributed by atoms with Gasteiger partial charge in [0.25, 0.3) is 0 Å². The van der Waals surface area contributed by atoms with Crippen LogP contribution < -0.4 is 5.32 Å². The predicted molar refractivity (Wildman–Crippen MR) is 67.2 cm³/mol. The summed E-state index contributed by atoms with van der Waals surface area (Å²) in [7, 11) is 0. The van der Waals surface area contributed by atoms with Crippen LogP contribution in [0.15, 0.2) is 0 Å². The molecule has 0 aromatic carbocycles. The molecule has 0 radical (unpaired) electrons. The highest BCUT2D eigenvalue weighted by Crippen LogP contribution is 2.19. The minimum Gasteiger partial charge on any atom is -0.395 e.